The molecule has 0 radical (unpaired) electrons. The molecule has 0 amide bonds. The van der Waals surface area contributed by atoms with Crippen LogP contribution in [0.3, 0.4) is 0 Å². The van der Waals surface area contributed by atoms with Crippen molar-refractivity contribution in [3.05, 3.63) is 28.2 Å². The second kappa shape index (κ2) is 6.37. The van der Waals surface area contributed by atoms with Crippen molar-refractivity contribution in [3.8, 4) is 5.75 Å². The number of aldehydes is 1. The quantitative estimate of drug-likeness (QED) is 0.776. The van der Waals surface area contributed by atoms with E-state index in [1.54, 1.807) is 0 Å². The summed E-state index contributed by atoms with van der Waals surface area (Å²) in [6.07, 6.45) is 6.40. The van der Waals surface area contributed by atoms with Crippen LogP contribution in [0.15, 0.2) is 22.7 Å². The lowest BCUT2D eigenvalue weighted by Crippen LogP contribution is -2.24. The number of hydrogen-bond acceptors (Lipinski definition) is 2. The lowest BCUT2D eigenvalue weighted by Gasteiger charge is -2.28. The molecule has 0 heterocycles. The first-order valence-corrected chi connectivity index (χ1v) is 7.35. The Morgan fingerprint density at radius 2 is 2.06 bits per heavy atom. The molecule has 1 fully saturated rings. The highest BCUT2D eigenvalue weighted by Crippen LogP contribution is 2.32. The van der Waals surface area contributed by atoms with Gasteiger partial charge in [-0.3, -0.25) is 0 Å². The van der Waals surface area contributed by atoms with Crippen LogP contribution in [-0.2, 0) is 4.79 Å². The summed E-state index contributed by atoms with van der Waals surface area (Å²) in [6, 6.07) is 6.06. The molecule has 2 rings (SSSR count). The molecular weight excluding hydrogens is 292 g/mol. The molecule has 1 saturated carbocycles. The van der Waals surface area contributed by atoms with Crippen molar-refractivity contribution >= 4 is 22.2 Å². The van der Waals surface area contributed by atoms with Gasteiger partial charge in [-0.05, 0) is 50.7 Å². The number of hydrogen-bond donors (Lipinski definition) is 0. The van der Waals surface area contributed by atoms with Crippen LogP contribution in [0, 0.1) is 12.8 Å². The van der Waals surface area contributed by atoms with E-state index >= 15 is 0 Å². The maximum atomic E-state index is 10.5. The van der Waals surface area contributed by atoms with Crippen LogP contribution >= 0.6 is 15.9 Å². The van der Waals surface area contributed by atoms with Crippen LogP contribution in [0.25, 0.3) is 0 Å². The molecule has 3 heteroatoms. The Hall–Kier alpha value is -0.830. The van der Waals surface area contributed by atoms with Crippen LogP contribution < -0.4 is 4.74 Å². The van der Waals surface area contributed by atoms with Gasteiger partial charge in [0, 0.05) is 16.5 Å². The van der Waals surface area contributed by atoms with Crippen molar-refractivity contribution in [2.24, 2.45) is 5.92 Å². The van der Waals surface area contributed by atoms with Crippen LogP contribution in [0.4, 0.5) is 0 Å². The van der Waals surface area contributed by atoms with Crippen molar-refractivity contribution in [1.82, 2.24) is 0 Å². The largest absolute Gasteiger partial charge is 0.490 e. The first-order valence-electron chi connectivity index (χ1n) is 6.56. The topological polar surface area (TPSA) is 26.3 Å². The van der Waals surface area contributed by atoms with Crippen molar-refractivity contribution in [2.75, 3.05) is 0 Å². The van der Waals surface area contributed by atoms with Gasteiger partial charge in [-0.15, -0.1) is 0 Å². The molecule has 1 aliphatic rings. The molecule has 0 atom stereocenters. The van der Waals surface area contributed by atoms with Gasteiger partial charge in [-0.25, -0.2) is 0 Å². The Morgan fingerprint density at radius 3 is 2.72 bits per heavy atom. The molecule has 0 aromatic heterocycles. The van der Waals surface area contributed by atoms with E-state index in [1.165, 1.54) is 0 Å². The van der Waals surface area contributed by atoms with E-state index in [2.05, 4.69) is 22.9 Å². The van der Waals surface area contributed by atoms with E-state index in [1.807, 2.05) is 18.2 Å². The standard InChI is InChI=1S/C15H19BrO2/c1-11-14(16)3-2-4-15(11)18-13-7-5-12(6-8-13)9-10-17/h2-4,10,12-13H,5-9H2,1H3/t12-,13+. The molecule has 0 unspecified atom stereocenters. The van der Waals surface area contributed by atoms with Crippen LogP contribution in [0.2, 0.25) is 0 Å². The average molecular weight is 311 g/mol. The second-order valence-corrected chi connectivity index (χ2v) is 5.88. The molecule has 18 heavy (non-hydrogen) atoms. The molecule has 0 spiro atoms. The molecule has 0 N–H and O–H groups in total. The van der Waals surface area contributed by atoms with E-state index in [0.29, 0.717) is 18.4 Å². The third-order valence-corrected chi connectivity index (χ3v) is 4.59. The number of rotatable bonds is 4. The van der Waals surface area contributed by atoms with Crippen LogP contribution in [0.1, 0.15) is 37.7 Å². The molecule has 0 aliphatic heterocycles. The predicted octanol–water partition coefficient (Wildman–Crippen LogP) is 4.28. The number of benzene rings is 1. The molecule has 1 aliphatic carbocycles. The second-order valence-electron chi connectivity index (χ2n) is 5.03. The fourth-order valence-corrected chi connectivity index (χ4v) is 2.86. The Morgan fingerprint density at radius 1 is 1.33 bits per heavy atom. The van der Waals surface area contributed by atoms with Crippen LogP contribution in [-0.4, -0.2) is 12.4 Å². The van der Waals surface area contributed by atoms with Gasteiger partial charge in [0.2, 0.25) is 0 Å². The normalized spacial score (nSPS) is 23.7. The first-order chi connectivity index (χ1) is 8.70. The summed E-state index contributed by atoms with van der Waals surface area (Å²) in [5, 5.41) is 0. The Bertz CT molecular complexity index is 409. The molecule has 1 aromatic rings. The van der Waals surface area contributed by atoms with Gasteiger partial charge in [0.15, 0.2) is 0 Å². The van der Waals surface area contributed by atoms with E-state index in [0.717, 1.165) is 47.8 Å². The van der Waals surface area contributed by atoms with Crippen molar-refractivity contribution in [2.45, 2.75) is 45.1 Å². The predicted molar refractivity (Wildman–Crippen MR) is 75.9 cm³/mol. The zero-order valence-corrected chi connectivity index (χ0v) is 12.3. The number of halogens is 1. The summed E-state index contributed by atoms with van der Waals surface area (Å²) >= 11 is 3.52. The van der Waals surface area contributed by atoms with Gasteiger partial charge >= 0.3 is 0 Å². The van der Waals surface area contributed by atoms with Crippen LogP contribution in [0.5, 0.6) is 5.75 Å². The highest BCUT2D eigenvalue weighted by molar-refractivity contribution is 9.10. The van der Waals surface area contributed by atoms with Crippen molar-refractivity contribution in [3.63, 3.8) is 0 Å². The fraction of sp³-hybridized carbons (Fsp3) is 0.533. The Balaban J connectivity index is 1.91. The lowest BCUT2D eigenvalue weighted by molar-refractivity contribution is -0.108. The summed E-state index contributed by atoms with van der Waals surface area (Å²) in [5.41, 5.74) is 1.16. The van der Waals surface area contributed by atoms with Gasteiger partial charge in [-0.2, -0.15) is 0 Å². The smallest absolute Gasteiger partial charge is 0.123 e. The molecular formula is C15H19BrO2. The Kier molecular flexibility index (Phi) is 4.81. The third-order valence-electron chi connectivity index (χ3n) is 3.73. The zero-order chi connectivity index (χ0) is 13.0. The molecule has 0 saturated heterocycles. The zero-order valence-electron chi connectivity index (χ0n) is 10.7. The minimum Gasteiger partial charge on any atom is -0.490 e. The SMILES string of the molecule is Cc1c(Br)cccc1O[C@H]1CC[C@@H](CC=O)CC1. The van der Waals surface area contributed by atoms with E-state index in [4.69, 9.17) is 4.74 Å². The molecule has 1 aromatic carbocycles. The van der Waals surface area contributed by atoms with E-state index < -0.39 is 0 Å². The monoisotopic (exact) mass is 310 g/mol. The summed E-state index contributed by atoms with van der Waals surface area (Å²) in [5.74, 6) is 1.55. The first kappa shape index (κ1) is 13.6. The number of ether oxygens (including phenoxy) is 1. The summed E-state index contributed by atoms with van der Waals surface area (Å²) in [6.45, 7) is 2.07. The number of carbonyl (C=O) groups excluding carboxylic acids is 1. The highest BCUT2D eigenvalue weighted by atomic mass is 79.9. The summed E-state index contributed by atoms with van der Waals surface area (Å²) < 4.78 is 7.17. The van der Waals surface area contributed by atoms with Crippen molar-refractivity contribution < 1.29 is 9.53 Å². The minimum atomic E-state index is 0.306. The average Bonchev–Trinajstić information content (AvgIpc) is 2.38. The molecule has 2 nitrogen and oxygen atoms in total. The van der Waals surface area contributed by atoms with Gasteiger partial charge in [0.25, 0.3) is 0 Å². The van der Waals surface area contributed by atoms with E-state index in [9.17, 15) is 4.79 Å². The third kappa shape index (κ3) is 3.35. The maximum Gasteiger partial charge on any atom is 0.123 e. The minimum absolute atomic E-state index is 0.306. The fourth-order valence-electron chi connectivity index (χ4n) is 2.52. The summed E-state index contributed by atoms with van der Waals surface area (Å²) in [4.78, 5) is 10.5. The molecule has 98 valence electrons. The number of carbonyl (C=O) groups is 1. The van der Waals surface area contributed by atoms with Gasteiger partial charge in [-0.1, -0.05) is 22.0 Å². The van der Waals surface area contributed by atoms with Gasteiger partial charge in [0.1, 0.15) is 12.0 Å². The van der Waals surface area contributed by atoms with Gasteiger partial charge in [0.05, 0.1) is 6.10 Å². The van der Waals surface area contributed by atoms with E-state index in [-0.39, 0.29) is 0 Å². The van der Waals surface area contributed by atoms with Gasteiger partial charge < -0.3 is 9.53 Å². The van der Waals surface area contributed by atoms with Crippen molar-refractivity contribution in [1.29, 1.82) is 0 Å². The maximum absolute atomic E-state index is 10.5. The molecule has 0 bridgehead atoms. The highest BCUT2D eigenvalue weighted by Gasteiger charge is 2.22. The summed E-state index contributed by atoms with van der Waals surface area (Å²) in [7, 11) is 0. The Labute approximate surface area is 117 Å². The lowest BCUT2D eigenvalue weighted by atomic mass is 9.85.